The van der Waals surface area contributed by atoms with E-state index in [1.54, 1.807) is 41.6 Å². The van der Waals surface area contributed by atoms with E-state index in [1.807, 2.05) is 30.3 Å². The number of hydrogen-bond acceptors (Lipinski definition) is 4. The molecule has 0 bridgehead atoms. The molecule has 1 fully saturated rings. The molecule has 4 rings (SSSR count). The molecule has 0 unspecified atom stereocenters. The summed E-state index contributed by atoms with van der Waals surface area (Å²) < 4.78 is 29.0. The Bertz CT molecular complexity index is 1050. The number of aromatic nitrogens is 1. The minimum atomic E-state index is -3.78. The van der Waals surface area contributed by atoms with Gasteiger partial charge in [0.05, 0.1) is 10.9 Å². The number of benzene rings is 2. The fourth-order valence-corrected chi connectivity index (χ4v) is 4.69. The average Bonchev–Trinajstić information content (AvgIpc) is 3.19. The van der Waals surface area contributed by atoms with Gasteiger partial charge in [0.25, 0.3) is 0 Å². The van der Waals surface area contributed by atoms with Gasteiger partial charge < -0.3 is 4.90 Å². The third kappa shape index (κ3) is 4.21. The molecular weight excluding hydrogens is 386 g/mol. The van der Waals surface area contributed by atoms with Gasteiger partial charge in [0.1, 0.15) is 0 Å². The summed E-state index contributed by atoms with van der Waals surface area (Å²) >= 11 is 0. The second-order valence-electron chi connectivity index (χ2n) is 6.89. The molecule has 1 aromatic heterocycles. The first-order chi connectivity index (χ1) is 14.0. The van der Waals surface area contributed by atoms with Gasteiger partial charge in [0, 0.05) is 31.0 Å². The van der Waals surface area contributed by atoms with Crippen molar-refractivity contribution in [3.63, 3.8) is 0 Å². The Morgan fingerprint density at radius 2 is 1.55 bits per heavy atom. The zero-order valence-electron chi connectivity index (χ0n) is 15.7. The van der Waals surface area contributed by atoms with Crippen LogP contribution < -0.4 is 9.62 Å². The molecule has 1 saturated heterocycles. The van der Waals surface area contributed by atoms with Crippen LogP contribution in [0.4, 0.5) is 5.69 Å². The van der Waals surface area contributed by atoms with Gasteiger partial charge in [-0.3, -0.25) is 9.78 Å². The van der Waals surface area contributed by atoms with Gasteiger partial charge in [-0.1, -0.05) is 30.3 Å². The summed E-state index contributed by atoms with van der Waals surface area (Å²) in [4.78, 5) is 17.8. The van der Waals surface area contributed by atoms with Crippen molar-refractivity contribution >= 4 is 21.6 Å². The predicted octanol–water partition coefficient (Wildman–Crippen LogP) is 3.28. The lowest BCUT2D eigenvalue weighted by Crippen LogP contribution is -2.29. The fourth-order valence-electron chi connectivity index (χ4n) is 3.48. The molecule has 1 amide bonds. The molecule has 1 aliphatic heterocycles. The lowest BCUT2D eigenvalue weighted by Gasteiger charge is -2.20. The summed E-state index contributed by atoms with van der Waals surface area (Å²) in [6.07, 6.45) is 4.64. The average molecular weight is 407 g/mol. The smallest absolute Gasteiger partial charge is 0.241 e. The van der Waals surface area contributed by atoms with Crippen LogP contribution in [0, 0.1) is 0 Å². The molecule has 0 radical (unpaired) electrons. The Labute approximate surface area is 170 Å². The van der Waals surface area contributed by atoms with Crippen LogP contribution in [-0.2, 0) is 14.8 Å². The van der Waals surface area contributed by atoms with Crippen molar-refractivity contribution < 1.29 is 13.2 Å². The first-order valence-electron chi connectivity index (χ1n) is 9.42. The van der Waals surface area contributed by atoms with Gasteiger partial charge in [0.15, 0.2) is 0 Å². The van der Waals surface area contributed by atoms with Crippen molar-refractivity contribution in [3.05, 3.63) is 90.3 Å². The summed E-state index contributed by atoms with van der Waals surface area (Å²) in [6, 6.07) is 18.9. The summed E-state index contributed by atoms with van der Waals surface area (Å²) in [7, 11) is -3.78. The first-order valence-corrected chi connectivity index (χ1v) is 10.9. The Kier molecular flexibility index (Phi) is 5.42. The van der Waals surface area contributed by atoms with E-state index >= 15 is 0 Å². The number of amides is 1. The molecule has 1 N–H and O–H groups in total. The van der Waals surface area contributed by atoms with Crippen molar-refractivity contribution in [3.8, 4) is 0 Å². The molecule has 6 nitrogen and oxygen atoms in total. The topological polar surface area (TPSA) is 79.4 Å². The normalized spacial score (nSPS) is 15.4. The van der Waals surface area contributed by atoms with E-state index in [-0.39, 0.29) is 10.8 Å². The van der Waals surface area contributed by atoms with E-state index in [4.69, 9.17) is 0 Å². The predicted molar refractivity (Wildman–Crippen MR) is 111 cm³/mol. The van der Waals surface area contributed by atoms with Crippen LogP contribution in [-0.4, -0.2) is 25.9 Å². The van der Waals surface area contributed by atoms with Crippen LogP contribution in [0.1, 0.15) is 30.0 Å². The Hall–Kier alpha value is -3.03. The molecule has 1 aliphatic rings. The largest absolute Gasteiger partial charge is 0.312 e. The highest BCUT2D eigenvalue weighted by Crippen LogP contribution is 2.26. The van der Waals surface area contributed by atoms with Gasteiger partial charge >= 0.3 is 0 Å². The number of pyridine rings is 1. The highest BCUT2D eigenvalue weighted by atomic mass is 32.2. The first kappa shape index (κ1) is 19.3. The fraction of sp³-hybridized carbons (Fsp3) is 0.182. The number of nitrogens with one attached hydrogen (secondary N) is 1. The van der Waals surface area contributed by atoms with Gasteiger partial charge in [-0.15, -0.1) is 0 Å². The number of nitrogens with zero attached hydrogens (tertiary/aromatic N) is 2. The Morgan fingerprint density at radius 3 is 2.17 bits per heavy atom. The summed E-state index contributed by atoms with van der Waals surface area (Å²) in [5.41, 5.74) is 2.36. The molecule has 2 aromatic carbocycles. The minimum absolute atomic E-state index is 0.0700. The lowest BCUT2D eigenvalue weighted by molar-refractivity contribution is -0.117. The molecule has 0 spiro atoms. The van der Waals surface area contributed by atoms with Crippen LogP contribution in [0.25, 0.3) is 0 Å². The third-order valence-corrected chi connectivity index (χ3v) is 6.42. The van der Waals surface area contributed by atoms with E-state index in [9.17, 15) is 13.2 Å². The van der Waals surface area contributed by atoms with E-state index in [0.717, 1.165) is 23.2 Å². The summed E-state index contributed by atoms with van der Waals surface area (Å²) in [6.45, 7) is 0.668. The number of anilines is 1. The lowest BCUT2D eigenvalue weighted by atomic mass is 10.0. The number of sulfonamides is 1. The molecule has 7 heteroatoms. The van der Waals surface area contributed by atoms with Gasteiger partial charge in [-0.25, -0.2) is 8.42 Å². The molecule has 0 saturated carbocycles. The molecule has 2 heterocycles. The molecular formula is C22H21N3O3S. The SMILES string of the molecule is O=C1CCCN1c1ccc(S(=O)(=O)N[C@H](c2ccccc2)c2ccncc2)cc1. The second-order valence-corrected chi connectivity index (χ2v) is 8.60. The Balaban J connectivity index is 1.62. The van der Waals surface area contributed by atoms with Gasteiger partial charge in [0.2, 0.25) is 15.9 Å². The molecule has 0 aliphatic carbocycles. The highest BCUT2D eigenvalue weighted by molar-refractivity contribution is 7.89. The Morgan fingerprint density at radius 1 is 0.897 bits per heavy atom. The van der Waals surface area contributed by atoms with Crippen molar-refractivity contribution in [1.29, 1.82) is 0 Å². The van der Waals surface area contributed by atoms with E-state index in [2.05, 4.69) is 9.71 Å². The molecule has 29 heavy (non-hydrogen) atoms. The zero-order valence-corrected chi connectivity index (χ0v) is 16.5. The highest BCUT2D eigenvalue weighted by Gasteiger charge is 2.25. The standard InChI is InChI=1S/C22H21N3O3S/c26-21-7-4-16-25(21)19-8-10-20(11-9-19)29(27,28)24-22(17-5-2-1-3-6-17)18-12-14-23-15-13-18/h1-3,5-6,8-15,22,24H,4,7,16H2/t22-/m1/s1. The quantitative estimate of drug-likeness (QED) is 0.680. The van der Waals surface area contributed by atoms with Crippen LogP contribution in [0.5, 0.6) is 0 Å². The molecule has 1 atom stereocenters. The van der Waals surface area contributed by atoms with E-state index in [1.165, 1.54) is 12.1 Å². The van der Waals surface area contributed by atoms with E-state index < -0.39 is 16.1 Å². The van der Waals surface area contributed by atoms with E-state index in [0.29, 0.717) is 13.0 Å². The zero-order chi connectivity index (χ0) is 20.3. The number of carbonyl (C=O) groups is 1. The van der Waals surface area contributed by atoms with Crippen LogP contribution >= 0.6 is 0 Å². The maximum Gasteiger partial charge on any atom is 0.241 e. The van der Waals surface area contributed by atoms with Gasteiger partial charge in [-0.05, 0) is 53.9 Å². The number of carbonyl (C=O) groups excluding carboxylic acids is 1. The maximum atomic E-state index is 13.1. The van der Waals surface area contributed by atoms with Crippen LogP contribution in [0.3, 0.4) is 0 Å². The van der Waals surface area contributed by atoms with Crippen molar-refractivity contribution in [2.75, 3.05) is 11.4 Å². The molecule has 148 valence electrons. The monoisotopic (exact) mass is 407 g/mol. The second kappa shape index (κ2) is 8.14. The summed E-state index contributed by atoms with van der Waals surface area (Å²) in [5, 5.41) is 0. The number of rotatable bonds is 6. The van der Waals surface area contributed by atoms with Crippen LogP contribution in [0.15, 0.2) is 84.0 Å². The summed E-state index contributed by atoms with van der Waals surface area (Å²) in [5.74, 6) is 0.0700. The maximum absolute atomic E-state index is 13.1. The minimum Gasteiger partial charge on any atom is -0.312 e. The van der Waals surface area contributed by atoms with Crippen molar-refractivity contribution in [2.24, 2.45) is 0 Å². The van der Waals surface area contributed by atoms with Crippen molar-refractivity contribution in [1.82, 2.24) is 9.71 Å². The third-order valence-electron chi connectivity index (χ3n) is 4.98. The number of hydrogen-bond donors (Lipinski definition) is 1. The van der Waals surface area contributed by atoms with Crippen molar-refractivity contribution in [2.45, 2.75) is 23.8 Å². The van der Waals surface area contributed by atoms with Gasteiger partial charge in [-0.2, -0.15) is 4.72 Å². The van der Waals surface area contributed by atoms with Crippen LogP contribution in [0.2, 0.25) is 0 Å². The molecule has 3 aromatic rings.